The molecule has 0 aromatic carbocycles. The van der Waals surface area contributed by atoms with Gasteiger partial charge < -0.3 is 5.32 Å². The lowest BCUT2D eigenvalue weighted by atomic mass is 9.93. The van der Waals surface area contributed by atoms with Crippen LogP contribution in [0.15, 0.2) is 0 Å². The molecule has 2 aliphatic carbocycles. The second-order valence-corrected chi connectivity index (χ2v) is 7.26. The molecule has 2 unspecified atom stereocenters. The molecule has 0 bridgehead atoms. The van der Waals surface area contributed by atoms with Crippen LogP contribution in [0.3, 0.4) is 0 Å². The van der Waals surface area contributed by atoms with E-state index in [0.717, 1.165) is 29.7 Å². The van der Waals surface area contributed by atoms with E-state index in [-0.39, 0.29) is 0 Å². The molecule has 1 aromatic heterocycles. The molecule has 1 fully saturated rings. The minimum absolute atomic E-state index is 0.599. The Kier molecular flexibility index (Phi) is 4.49. The van der Waals surface area contributed by atoms with E-state index in [1.165, 1.54) is 49.8 Å². The summed E-state index contributed by atoms with van der Waals surface area (Å²) in [5.74, 6) is 2.06. The molecule has 4 heteroatoms. The Labute approximate surface area is 126 Å². The zero-order valence-corrected chi connectivity index (χ0v) is 13.4. The molecule has 2 aliphatic rings. The van der Waals surface area contributed by atoms with Crippen molar-refractivity contribution in [1.82, 2.24) is 9.97 Å². The molecule has 0 radical (unpaired) electrons. The van der Waals surface area contributed by atoms with E-state index in [0.29, 0.717) is 6.04 Å². The van der Waals surface area contributed by atoms with Crippen molar-refractivity contribution in [3.05, 3.63) is 17.1 Å². The van der Waals surface area contributed by atoms with Gasteiger partial charge in [0, 0.05) is 22.5 Å². The molecule has 0 saturated heterocycles. The van der Waals surface area contributed by atoms with Gasteiger partial charge in [-0.05, 0) is 58.1 Å². The fraction of sp³-hybridized carbons (Fsp3) is 0.750. The molecular weight excluding hydrogens is 266 g/mol. The Morgan fingerprint density at radius 3 is 2.80 bits per heavy atom. The van der Waals surface area contributed by atoms with Gasteiger partial charge in [0.05, 0.1) is 0 Å². The maximum atomic E-state index is 4.70. The van der Waals surface area contributed by atoms with Gasteiger partial charge in [0.25, 0.3) is 0 Å². The normalized spacial score (nSPS) is 26.1. The van der Waals surface area contributed by atoms with Crippen LogP contribution in [0.2, 0.25) is 0 Å². The zero-order chi connectivity index (χ0) is 13.9. The maximum absolute atomic E-state index is 4.70. The van der Waals surface area contributed by atoms with E-state index in [4.69, 9.17) is 4.98 Å². The first kappa shape index (κ1) is 14.2. The molecule has 110 valence electrons. The number of aromatic nitrogens is 2. The SMILES string of the molecule is CSC1CCCC(Nc2nc(C)nc3c2CCCC3)C1. The summed E-state index contributed by atoms with van der Waals surface area (Å²) in [7, 11) is 0. The summed E-state index contributed by atoms with van der Waals surface area (Å²) in [5, 5.41) is 4.57. The van der Waals surface area contributed by atoms with Crippen LogP contribution in [-0.2, 0) is 12.8 Å². The lowest BCUT2D eigenvalue weighted by Gasteiger charge is -2.30. The number of nitrogens with one attached hydrogen (secondary N) is 1. The molecule has 3 rings (SSSR count). The fourth-order valence-corrected chi connectivity index (χ4v) is 4.35. The summed E-state index contributed by atoms with van der Waals surface area (Å²) in [5.41, 5.74) is 2.69. The van der Waals surface area contributed by atoms with Crippen molar-refractivity contribution in [1.29, 1.82) is 0 Å². The molecule has 2 atom stereocenters. The summed E-state index contributed by atoms with van der Waals surface area (Å²) >= 11 is 2.02. The maximum Gasteiger partial charge on any atom is 0.133 e. The highest BCUT2D eigenvalue weighted by molar-refractivity contribution is 7.99. The van der Waals surface area contributed by atoms with Crippen LogP contribution < -0.4 is 5.32 Å². The van der Waals surface area contributed by atoms with Gasteiger partial charge in [-0.2, -0.15) is 11.8 Å². The molecule has 0 amide bonds. The first-order chi connectivity index (χ1) is 9.76. The van der Waals surface area contributed by atoms with Crippen LogP contribution in [0.5, 0.6) is 0 Å². The Hall–Kier alpha value is -0.770. The van der Waals surface area contributed by atoms with Crippen molar-refractivity contribution in [3.63, 3.8) is 0 Å². The van der Waals surface area contributed by atoms with Crippen LogP contribution in [-0.4, -0.2) is 27.5 Å². The number of anilines is 1. The molecule has 0 spiro atoms. The lowest BCUT2D eigenvalue weighted by molar-refractivity contribution is 0.471. The molecular formula is C16H25N3S. The number of hydrogen-bond acceptors (Lipinski definition) is 4. The van der Waals surface area contributed by atoms with Gasteiger partial charge in [0.15, 0.2) is 0 Å². The van der Waals surface area contributed by atoms with Crippen molar-refractivity contribution in [2.24, 2.45) is 0 Å². The van der Waals surface area contributed by atoms with E-state index < -0.39 is 0 Å². The molecule has 20 heavy (non-hydrogen) atoms. The van der Waals surface area contributed by atoms with Gasteiger partial charge in [0.1, 0.15) is 11.6 Å². The monoisotopic (exact) mass is 291 g/mol. The highest BCUT2D eigenvalue weighted by atomic mass is 32.2. The lowest BCUT2D eigenvalue weighted by Crippen LogP contribution is -2.30. The zero-order valence-electron chi connectivity index (χ0n) is 12.6. The predicted octanol–water partition coefficient (Wildman–Crippen LogP) is 3.75. The number of rotatable bonds is 3. The van der Waals surface area contributed by atoms with Crippen LogP contribution in [0.25, 0.3) is 0 Å². The first-order valence-corrected chi connectivity index (χ1v) is 9.21. The van der Waals surface area contributed by atoms with Gasteiger partial charge in [0.2, 0.25) is 0 Å². The second kappa shape index (κ2) is 6.33. The smallest absolute Gasteiger partial charge is 0.133 e. The average molecular weight is 291 g/mol. The number of thioether (sulfide) groups is 1. The molecule has 1 aromatic rings. The van der Waals surface area contributed by atoms with E-state index in [2.05, 4.69) is 16.6 Å². The minimum Gasteiger partial charge on any atom is -0.367 e. The van der Waals surface area contributed by atoms with Crippen molar-refractivity contribution in [2.45, 2.75) is 69.6 Å². The van der Waals surface area contributed by atoms with Crippen LogP contribution >= 0.6 is 11.8 Å². The van der Waals surface area contributed by atoms with Gasteiger partial charge in [-0.15, -0.1) is 0 Å². The number of nitrogens with zero attached hydrogens (tertiary/aromatic N) is 2. The summed E-state index contributed by atoms with van der Waals surface area (Å²) in [6.45, 7) is 2.02. The van der Waals surface area contributed by atoms with Gasteiger partial charge >= 0.3 is 0 Å². The summed E-state index contributed by atoms with van der Waals surface area (Å²) in [6.07, 6.45) is 12.4. The topological polar surface area (TPSA) is 37.8 Å². The molecule has 0 aliphatic heterocycles. The molecule has 1 heterocycles. The van der Waals surface area contributed by atoms with Crippen molar-refractivity contribution in [3.8, 4) is 0 Å². The van der Waals surface area contributed by atoms with Gasteiger partial charge in [-0.3, -0.25) is 0 Å². The van der Waals surface area contributed by atoms with Crippen molar-refractivity contribution >= 4 is 17.6 Å². The third-order valence-electron chi connectivity index (χ3n) is 4.60. The molecule has 3 nitrogen and oxygen atoms in total. The Morgan fingerprint density at radius 1 is 1.10 bits per heavy atom. The van der Waals surface area contributed by atoms with Crippen LogP contribution in [0.4, 0.5) is 5.82 Å². The van der Waals surface area contributed by atoms with E-state index >= 15 is 0 Å². The largest absolute Gasteiger partial charge is 0.367 e. The molecule has 1 N–H and O–H groups in total. The Balaban J connectivity index is 1.78. The van der Waals surface area contributed by atoms with Crippen LogP contribution in [0, 0.1) is 6.92 Å². The third kappa shape index (κ3) is 3.11. The molecule has 1 saturated carbocycles. The highest BCUT2D eigenvalue weighted by Gasteiger charge is 2.24. The Bertz CT molecular complexity index is 475. The van der Waals surface area contributed by atoms with Crippen molar-refractivity contribution < 1.29 is 0 Å². The van der Waals surface area contributed by atoms with Crippen molar-refractivity contribution in [2.75, 3.05) is 11.6 Å². The quantitative estimate of drug-likeness (QED) is 0.920. The van der Waals surface area contributed by atoms with E-state index in [1.807, 2.05) is 18.7 Å². The summed E-state index contributed by atoms with van der Waals surface area (Å²) in [4.78, 5) is 9.35. The third-order valence-corrected chi connectivity index (χ3v) is 5.69. The Morgan fingerprint density at radius 2 is 1.95 bits per heavy atom. The standard InChI is InChI=1S/C16H25N3S/c1-11-17-15-9-4-3-8-14(15)16(18-11)19-12-6-5-7-13(10-12)20-2/h12-13H,3-10H2,1-2H3,(H,17,18,19). The van der Waals surface area contributed by atoms with E-state index in [1.54, 1.807) is 0 Å². The second-order valence-electron chi connectivity index (χ2n) is 6.12. The predicted molar refractivity (Wildman–Crippen MR) is 86.6 cm³/mol. The minimum atomic E-state index is 0.599. The van der Waals surface area contributed by atoms with Crippen LogP contribution in [0.1, 0.15) is 55.6 Å². The average Bonchev–Trinajstić information content (AvgIpc) is 2.47. The first-order valence-electron chi connectivity index (χ1n) is 7.92. The summed E-state index contributed by atoms with van der Waals surface area (Å²) < 4.78 is 0. The van der Waals surface area contributed by atoms with Gasteiger partial charge in [-0.1, -0.05) is 6.42 Å². The number of hydrogen-bond donors (Lipinski definition) is 1. The number of aryl methyl sites for hydroxylation is 2. The number of fused-ring (bicyclic) bond motifs is 1. The van der Waals surface area contributed by atoms with Gasteiger partial charge in [-0.25, -0.2) is 9.97 Å². The fourth-order valence-electron chi connectivity index (χ4n) is 3.52. The summed E-state index contributed by atoms with van der Waals surface area (Å²) in [6, 6.07) is 0.599. The highest BCUT2D eigenvalue weighted by Crippen LogP contribution is 2.31. The van der Waals surface area contributed by atoms with E-state index in [9.17, 15) is 0 Å².